The second-order valence-corrected chi connectivity index (χ2v) is 19.5. The Morgan fingerprint density at radius 1 is 0.526 bits per heavy atom. The second-order valence-electron chi connectivity index (χ2n) is 19.5. The minimum absolute atomic E-state index is 0.0656. The molecule has 76 heavy (non-hydrogen) atoms. The Morgan fingerprint density at radius 2 is 0.908 bits per heavy atom. The zero-order chi connectivity index (χ0) is 52.6. The van der Waals surface area contributed by atoms with Crippen molar-refractivity contribution >= 4 is 29.9 Å². The van der Waals surface area contributed by atoms with Crippen molar-refractivity contribution in [3.63, 3.8) is 0 Å². The Labute approximate surface area is 446 Å². The van der Waals surface area contributed by atoms with Gasteiger partial charge in [0.1, 0.15) is 18.1 Å². The maximum Gasteiger partial charge on any atom is 0.321 e. The topological polar surface area (TPSA) is 136 Å². The average molecular weight is 1020 g/mol. The van der Waals surface area contributed by atoms with Crippen LogP contribution in [0.2, 0.25) is 0 Å². The van der Waals surface area contributed by atoms with Gasteiger partial charge in [-0.2, -0.15) is 0 Å². The quantitative estimate of drug-likeness (QED) is 0.0907. The molecule has 0 unspecified atom stereocenters. The molecular formula is C63H66N6O7. The van der Waals surface area contributed by atoms with Crippen LogP contribution in [0, 0.1) is 23.7 Å². The van der Waals surface area contributed by atoms with E-state index < -0.39 is 0 Å². The van der Waals surface area contributed by atoms with Crippen LogP contribution < -0.4 is 20.1 Å². The molecule has 0 bridgehead atoms. The molecule has 6 atom stereocenters. The lowest BCUT2D eigenvalue weighted by Crippen LogP contribution is -2.68. The molecule has 6 aromatic carbocycles. The molecule has 4 saturated heterocycles. The molecule has 0 radical (unpaired) electrons. The smallest absolute Gasteiger partial charge is 0.321 e. The highest BCUT2D eigenvalue weighted by Gasteiger charge is 2.51. The number of carbonyl (C=O) groups excluding carboxylic acids is 3. The van der Waals surface area contributed by atoms with Crippen molar-refractivity contribution in [1.29, 1.82) is 0 Å². The molecule has 13 heteroatoms. The lowest BCUT2D eigenvalue weighted by atomic mass is 9.74. The number of anilines is 2. The van der Waals surface area contributed by atoms with Gasteiger partial charge in [0.2, 0.25) is 0 Å². The van der Waals surface area contributed by atoms with E-state index in [-0.39, 0.29) is 54.7 Å². The number of rotatable bonds is 10. The average Bonchev–Trinajstić information content (AvgIpc) is 3.51. The lowest BCUT2D eigenvalue weighted by molar-refractivity contribution is -0.136. The van der Waals surface area contributed by atoms with E-state index in [2.05, 4.69) is 80.5 Å². The van der Waals surface area contributed by atoms with E-state index in [0.29, 0.717) is 32.7 Å². The van der Waals surface area contributed by atoms with Crippen LogP contribution in [0.15, 0.2) is 158 Å². The first-order chi connectivity index (χ1) is 37.3. The van der Waals surface area contributed by atoms with Gasteiger partial charge in [0.25, 0.3) is 6.47 Å². The van der Waals surface area contributed by atoms with Crippen LogP contribution in [0.1, 0.15) is 70.9 Å². The van der Waals surface area contributed by atoms with Crippen molar-refractivity contribution in [2.75, 3.05) is 77.3 Å². The van der Waals surface area contributed by atoms with Crippen molar-refractivity contribution in [1.82, 2.24) is 19.6 Å². The molecule has 4 amide bonds. The van der Waals surface area contributed by atoms with E-state index in [4.69, 9.17) is 14.2 Å². The van der Waals surface area contributed by atoms with Gasteiger partial charge in [0.05, 0.1) is 26.9 Å². The Hall–Kier alpha value is -8.07. The number of benzene rings is 6. The van der Waals surface area contributed by atoms with Gasteiger partial charge in [-0.3, -0.25) is 14.6 Å². The number of carbonyl (C=O) groups is 3. The van der Waals surface area contributed by atoms with Crippen molar-refractivity contribution in [2.45, 2.75) is 61.7 Å². The minimum atomic E-state index is -0.111. The maximum absolute atomic E-state index is 13.3. The third-order valence-electron chi connectivity index (χ3n) is 15.0. The highest BCUT2D eigenvalue weighted by Crippen LogP contribution is 2.44. The van der Waals surface area contributed by atoms with Gasteiger partial charge in [-0.25, -0.2) is 9.59 Å². The Kier molecular flexibility index (Phi) is 18.0. The monoisotopic (exact) mass is 1020 g/mol. The number of ether oxygens (including phenoxy) is 3. The number of nitrogens with zero attached hydrogens (tertiary/aromatic N) is 4. The summed E-state index contributed by atoms with van der Waals surface area (Å²) in [6.45, 7) is 5.46. The Bertz CT molecular complexity index is 2970. The summed E-state index contributed by atoms with van der Waals surface area (Å²) in [6.07, 6.45) is 3.83. The predicted molar refractivity (Wildman–Crippen MR) is 297 cm³/mol. The zero-order valence-electron chi connectivity index (χ0n) is 43.2. The van der Waals surface area contributed by atoms with Crippen LogP contribution in [0.5, 0.6) is 11.5 Å². The van der Waals surface area contributed by atoms with Crippen LogP contribution in [0.4, 0.5) is 21.0 Å². The number of hydrogen-bond donors (Lipinski definition) is 3. The summed E-state index contributed by atoms with van der Waals surface area (Å²) >= 11 is 0. The standard InChI is InChI=1S/C32H33N3O4.C31H33N3O3/c1-38-28-17-15-27(16-18-28)33-32(37)34-19-5-6-20-35-29(21-34)31(30(35)22-39-23-36)26-13-11-25(12-14-26)10-9-24-7-3-2-4-8-24;1-37-27-17-15-26(16-18-27)32-31(36)33-19-5-6-20-34-28(21-33)30(29(34)22-35)25-13-11-24(12-14-25)10-9-23-7-3-2-4-8-23/h2-4,7-8,11-18,23,29-31H,5-6,19-22H2,1H3,(H,33,37);2-4,7-8,11-18,28-30,35H,5-6,19-22H2,1H3,(H,32,36)/t29-,30+,31+;28-,29+,30+/m00/s1. The van der Waals surface area contributed by atoms with E-state index in [9.17, 15) is 19.5 Å². The number of amides is 4. The molecule has 0 aliphatic carbocycles. The Balaban J connectivity index is 0.000000186. The highest BCUT2D eigenvalue weighted by atomic mass is 16.5. The second kappa shape index (κ2) is 25.9. The minimum Gasteiger partial charge on any atom is -0.497 e. The molecule has 6 aromatic rings. The fraction of sp³-hybridized carbons (Fsp3) is 0.317. The summed E-state index contributed by atoms with van der Waals surface area (Å²) in [6, 6.07) is 51.5. The summed E-state index contributed by atoms with van der Waals surface area (Å²) in [7, 11) is 3.24. The van der Waals surface area contributed by atoms with Gasteiger partial charge in [-0.1, -0.05) is 84.3 Å². The summed E-state index contributed by atoms with van der Waals surface area (Å²) in [5, 5.41) is 16.3. The number of hydrogen-bond acceptors (Lipinski definition) is 9. The summed E-state index contributed by atoms with van der Waals surface area (Å²) in [5.41, 5.74) is 7.69. The van der Waals surface area contributed by atoms with Gasteiger partial charge in [-0.15, -0.1) is 0 Å². The summed E-state index contributed by atoms with van der Waals surface area (Å²) in [4.78, 5) is 46.1. The number of methoxy groups -OCH3 is 2. The molecule has 4 aliphatic heterocycles. The first kappa shape index (κ1) is 52.8. The van der Waals surface area contributed by atoms with Crippen molar-refractivity contribution in [3.05, 3.63) is 191 Å². The zero-order valence-corrected chi connectivity index (χ0v) is 43.2. The van der Waals surface area contributed by atoms with Gasteiger partial charge < -0.3 is 39.8 Å². The molecule has 4 aliphatic rings. The van der Waals surface area contributed by atoms with Gasteiger partial charge in [0.15, 0.2) is 0 Å². The van der Waals surface area contributed by atoms with Crippen LogP contribution >= 0.6 is 0 Å². The molecule has 4 fully saturated rings. The highest BCUT2D eigenvalue weighted by molar-refractivity contribution is 5.90. The summed E-state index contributed by atoms with van der Waals surface area (Å²) < 4.78 is 15.7. The third kappa shape index (κ3) is 13.1. The van der Waals surface area contributed by atoms with E-state index in [1.54, 1.807) is 14.2 Å². The molecule has 10 rings (SSSR count). The normalized spacial score (nSPS) is 21.0. The fourth-order valence-electron chi connectivity index (χ4n) is 11.0. The van der Waals surface area contributed by atoms with E-state index in [1.807, 2.05) is 131 Å². The Morgan fingerprint density at radius 3 is 1.30 bits per heavy atom. The number of nitrogens with one attached hydrogen (secondary N) is 2. The first-order valence-corrected chi connectivity index (χ1v) is 26.2. The van der Waals surface area contributed by atoms with Crippen molar-refractivity contribution < 1.29 is 33.7 Å². The third-order valence-corrected chi connectivity index (χ3v) is 15.0. The van der Waals surface area contributed by atoms with Gasteiger partial charge >= 0.3 is 12.1 Å². The molecular weight excluding hydrogens is 953 g/mol. The maximum atomic E-state index is 13.3. The molecule has 3 N–H and O–H groups in total. The van der Waals surface area contributed by atoms with E-state index in [1.165, 1.54) is 5.56 Å². The SMILES string of the molecule is COc1ccc(NC(=O)N2CCCCN3[C@H](CO)[C@H](c4ccc(C#Cc5ccccc5)cc4)[C@@H]3C2)cc1.COc1ccc(NC(=O)N2CCCCN3[C@H](COC=O)[C@H](c4ccc(C#Cc5ccccc5)cc4)[C@@H]3C2)cc1. The van der Waals surface area contributed by atoms with Crippen LogP contribution in [-0.4, -0.2) is 134 Å². The molecule has 390 valence electrons. The number of urea groups is 2. The number of aliphatic hydroxyl groups excluding tert-OH is 1. The van der Waals surface area contributed by atoms with E-state index in [0.717, 1.165) is 96.0 Å². The lowest BCUT2D eigenvalue weighted by Gasteiger charge is -2.57. The molecule has 4 heterocycles. The largest absolute Gasteiger partial charge is 0.497 e. The van der Waals surface area contributed by atoms with Gasteiger partial charge in [0, 0.05) is 89.8 Å². The van der Waals surface area contributed by atoms with Crippen LogP contribution in [0.3, 0.4) is 0 Å². The fourth-order valence-corrected chi connectivity index (χ4v) is 11.0. The van der Waals surface area contributed by atoms with Crippen LogP contribution in [0.25, 0.3) is 0 Å². The molecule has 0 spiro atoms. The number of aliphatic hydroxyl groups is 1. The van der Waals surface area contributed by atoms with E-state index >= 15 is 0 Å². The molecule has 0 saturated carbocycles. The van der Waals surface area contributed by atoms with Crippen molar-refractivity contribution in [2.24, 2.45) is 0 Å². The van der Waals surface area contributed by atoms with Gasteiger partial charge in [-0.05, 0) is 147 Å². The first-order valence-electron chi connectivity index (χ1n) is 26.2. The summed E-state index contributed by atoms with van der Waals surface area (Å²) in [5.74, 6) is 14.7. The molecule has 13 nitrogen and oxygen atoms in total. The predicted octanol–water partition coefficient (Wildman–Crippen LogP) is 9.28. The number of fused-ring (bicyclic) bond motifs is 2. The van der Waals surface area contributed by atoms with Crippen LogP contribution in [-0.2, 0) is 9.53 Å². The molecule has 0 aromatic heterocycles. The van der Waals surface area contributed by atoms with Crippen molar-refractivity contribution in [3.8, 4) is 35.2 Å².